The number of para-hydroxylation sites is 2. The van der Waals surface area contributed by atoms with Gasteiger partial charge in [0.1, 0.15) is 5.75 Å². The fraction of sp³-hybridized carbons (Fsp3) is 0.250. The maximum Gasteiger partial charge on any atom is 0.302 e. The van der Waals surface area contributed by atoms with E-state index < -0.39 is 5.91 Å². The van der Waals surface area contributed by atoms with Crippen LogP contribution in [0.15, 0.2) is 58.8 Å². The summed E-state index contributed by atoms with van der Waals surface area (Å²) in [6.07, 6.45) is 1.92. The summed E-state index contributed by atoms with van der Waals surface area (Å²) in [5, 5.41) is 19.4. The molecule has 0 unspecified atom stereocenters. The molecule has 27 heavy (non-hydrogen) atoms. The SMILES string of the molecule is CCCCn1c(O)c(N=NC(=O)COc2ccccc2Cl)c2ccccc21. The van der Waals surface area contributed by atoms with Crippen molar-refractivity contribution in [3.63, 3.8) is 0 Å². The van der Waals surface area contributed by atoms with Gasteiger partial charge < -0.3 is 14.4 Å². The molecule has 0 aliphatic rings. The molecule has 0 aliphatic heterocycles. The Morgan fingerprint density at radius 2 is 1.93 bits per heavy atom. The lowest BCUT2D eigenvalue weighted by atomic mass is 10.2. The van der Waals surface area contributed by atoms with Gasteiger partial charge in [0.25, 0.3) is 0 Å². The molecule has 1 N–H and O–H groups in total. The van der Waals surface area contributed by atoms with Crippen LogP contribution in [-0.4, -0.2) is 22.2 Å². The molecule has 7 heteroatoms. The predicted molar refractivity (Wildman–Crippen MR) is 105 cm³/mol. The Hall–Kier alpha value is -2.86. The van der Waals surface area contributed by atoms with Crippen LogP contribution in [0, 0.1) is 0 Å². The quantitative estimate of drug-likeness (QED) is 0.546. The lowest BCUT2D eigenvalue weighted by Crippen LogP contribution is -2.08. The molecule has 0 saturated heterocycles. The van der Waals surface area contributed by atoms with Gasteiger partial charge in [-0.05, 0) is 24.6 Å². The molecule has 1 amide bonds. The van der Waals surface area contributed by atoms with E-state index in [1.54, 1.807) is 28.8 Å². The molecule has 6 nitrogen and oxygen atoms in total. The van der Waals surface area contributed by atoms with Crippen LogP contribution < -0.4 is 4.74 Å². The molecule has 0 aliphatic carbocycles. The zero-order valence-electron chi connectivity index (χ0n) is 14.9. The number of aromatic hydroxyl groups is 1. The summed E-state index contributed by atoms with van der Waals surface area (Å²) >= 11 is 5.99. The van der Waals surface area contributed by atoms with Gasteiger partial charge >= 0.3 is 5.91 Å². The van der Waals surface area contributed by atoms with Gasteiger partial charge in [-0.3, -0.25) is 4.79 Å². The zero-order chi connectivity index (χ0) is 19.2. The van der Waals surface area contributed by atoms with E-state index in [-0.39, 0.29) is 18.2 Å². The molecule has 2 aromatic carbocycles. The molecule has 0 radical (unpaired) electrons. The normalized spacial score (nSPS) is 11.3. The summed E-state index contributed by atoms with van der Waals surface area (Å²) in [6.45, 7) is 2.46. The summed E-state index contributed by atoms with van der Waals surface area (Å²) < 4.78 is 7.15. The van der Waals surface area contributed by atoms with Gasteiger partial charge in [0.15, 0.2) is 12.3 Å². The van der Waals surface area contributed by atoms with Gasteiger partial charge in [0, 0.05) is 11.9 Å². The number of halogens is 1. The minimum Gasteiger partial charge on any atom is -0.493 e. The van der Waals surface area contributed by atoms with Crippen molar-refractivity contribution >= 4 is 34.1 Å². The summed E-state index contributed by atoms with van der Waals surface area (Å²) in [6, 6.07) is 14.4. The van der Waals surface area contributed by atoms with Gasteiger partial charge in [0.2, 0.25) is 5.88 Å². The van der Waals surface area contributed by atoms with E-state index >= 15 is 0 Å². The molecule has 140 valence electrons. The second kappa shape index (κ2) is 8.68. The number of carbonyl (C=O) groups is 1. The number of fused-ring (bicyclic) bond motifs is 1. The third-order valence-corrected chi connectivity index (χ3v) is 4.41. The number of ether oxygens (including phenoxy) is 1. The molecule has 1 aromatic heterocycles. The Morgan fingerprint density at radius 3 is 2.70 bits per heavy atom. The van der Waals surface area contributed by atoms with Gasteiger partial charge in [-0.25, -0.2) is 0 Å². The van der Waals surface area contributed by atoms with Crippen LogP contribution in [-0.2, 0) is 11.3 Å². The van der Waals surface area contributed by atoms with E-state index in [1.807, 2.05) is 24.3 Å². The van der Waals surface area contributed by atoms with Crippen LogP contribution >= 0.6 is 11.6 Å². The average Bonchev–Trinajstić information content (AvgIpc) is 2.95. The van der Waals surface area contributed by atoms with Gasteiger partial charge in [-0.15, -0.1) is 10.2 Å². The predicted octanol–water partition coefficient (Wildman–Crippen LogP) is 5.49. The summed E-state index contributed by atoms with van der Waals surface area (Å²) in [4.78, 5) is 12.0. The zero-order valence-corrected chi connectivity index (χ0v) is 15.7. The molecule has 0 fully saturated rings. The Bertz CT molecular complexity index is 982. The van der Waals surface area contributed by atoms with Crippen LogP contribution in [0.4, 0.5) is 5.69 Å². The number of hydrogen-bond donors (Lipinski definition) is 1. The molecule has 0 saturated carbocycles. The van der Waals surface area contributed by atoms with Crippen LogP contribution in [0.5, 0.6) is 11.6 Å². The molecule has 0 atom stereocenters. The molecule has 3 rings (SSSR count). The van der Waals surface area contributed by atoms with E-state index in [0.717, 1.165) is 23.7 Å². The summed E-state index contributed by atoms with van der Waals surface area (Å²) in [5.41, 5.74) is 1.14. The molecule has 0 bridgehead atoms. The highest BCUT2D eigenvalue weighted by molar-refractivity contribution is 6.32. The molecular weight excluding hydrogens is 366 g/mol. The Labute approximate surface area is 162 Å². The van der Waals surface area contributed by atoms with E-state index in [0.29, 0.717) is 17.3 Å². The van der Waals surface area contributed by atoms with Crippen LogP contribution in [0.2, 0.25) is 5.02 Å². The van der Waals surface area contributed by atoms with Crippen molar-refractivity contribution in [3.05, 3.63) is 53.6 Å². The molecular formula is C20H20ClN3O3. The molecule has 3 aromatic rings. The number of azo groups is 1. The highest BCUT2D eigenvalue weighted by Gasteiger charge is 2.16. The first-order chi connectivity index (χ1) is 13.1. The fourth-order valence-corrected chi connectivity index (χ4v) is 2.94. The number of aryl methyl sites for hydroxylation is 1. The van der Waals surface area contributed by atoms with E-state index in [4.69, 9.17) is 16.3 Å². The highest BCUT2D eigenvalue weighted by Crippen LogP contribution is 2.39. The average molecular weight is 386 g/mol. The maximum absolute atomic E-state index is 12.0. The monoisotopic (exact) mass is 385 g/mol. The number of amides is 1. The summed E-state index contributed by atoms with van der Waals surface area (Å²) in [5.74, 6) is -0.158. The van der Waals surface area contributed by atoms with Crippen molar-refractivity contribution in [1.82, 2.24) is 4.57 Å². The van der Waals surface area contributed by atoms with E-state index in [2.05, 4.69) is 17.2 Å². The fourth-order valence-electron chi connectivity index (χ4n) is 2.75. The number of hydrogen-bond acceptors (Lipinski definition) is 4. The van der Waals surface area contributed by atoms with Gasteiger partial charge in [-0.2, -0.15) is 0 Å². The number of nitrogens with zero attached hydrogens (tertiary/aromatic N) is 3. The molecule has 1 heterocycles. The lowest BCUT2D eigenvalue weighted by molar-refractivity contribution is -0.120. The van der Waals surface area contributed by atoms with Gasteiger partial charge in [-0.1, -0.05) is 55.3 Å². The number of rotatable bonds is 7. The van der Waals surface area contributed by atoms with Crippen LogP contribution in [0.25, 0.3) is 10.9 Å². The van der Waals surface area contributed by atoms with E-state index in [9.17, 15) is 9.90 Å². The first kappa shape index (κ1) is 18.9. The van der Waals surface area contributed by atoms with Crippen molar-refractivity contribution in [1.29, 1.82) is 0 Å². The van der Waals surface area contributed by atoms with Crippen LogP contribution in [0.1, 0.15) is 19.8 Å². The van der Waals surface area contributed by atoms with Crippen molar-refractivity contribution < 1.29 is 14.6 Å². The third kappa shape index (κ3) is 4.28. The number of carbonyl (C=O) groups excluding carboxylic acids is 1. The lowest BCUT2D eigenvalue weighted by Gasteiger charge is -2.05. The minimum atomic E-state index is -0.570. The highest BCUT2D eigenvalue weighted by atomic mass is 35.5. The second-order valence-electron chi connectivity index (χ2n) is 6.01. The van der Waals surface area contributed by atoms with Crippen molar-refractivity contribution in [2.45, 2.75) is 26.3 Å². The van der Waals surface area contributed by atoms with Gasteiger partial charge in [0.05, 0.1) is 10.5 Å². The number of benzene rings is 2. The third-order valence-electron chi connectivity index (χ3n) is 4.10. The Kier molecular flexibility index (Phi) is 6.08. The van der Waals surface area contributed by atoms with Crippen molar-refractivity contribution in [2.75, 3.05) is 6.61 Å². The van der Waals surface area contributed by atoms with Crippen LogP contribution in [0.3, 0.4) is 0 Å². The van der Waals surface area contributed by atoms with Crippen molar-refractivity contribution in [3.8, 4) is 11.6 Å². The first-order valence-corrected chi connectivity index (χ1v) is 9.11. The smallest absolute Gasteiger partial charge is 0.302 e. The standard InChI is InChI=1S/C20H20ClN3O3/c1-2-3-12-24-16-10-6-4-8-14(16)19(20(24)26)23-22-18(25)13-27-17-11-7-5-9-15(17)21/h4-11,26H,2-3,12-13H2,1H3. The largest absolute Gasteiger partial charge is 0.493 e. The topological polar surface area (TPSA) is 76.2 Å². The second-order valence-corrected chi connectivity index (χ2v) is 6.41. The Balaban J connectivity index is 1.78. The number of unbranched alkanes of at least 4 members (excludes halogenated alkanes) is 1. The Morgan fingerprint density at radius 1 is 1.19 bits per heavy atom. The molecule has 0 spiro atoms. The van der Waals surface area contributed by atoms with E-state index in [1.165, 1.54) is 0 Å². The van der Waals surface area contributed by atoms with Crippen molar-refractivity contribution in [2.24, 2.45) is 10.2 Å². The number of aromatic nitrogens is 1. The minimum absolute atomic E-state index is 0.00761. The maximum atomic E-state index is 12.0. The first-order valence-electron chi connectivity index (χ1n) is 8.74. The summed E-state index contributed by atoms with van der Waals surface area (Å²) in [7, 11) is 0.